The summed E-state index contributed by atoms with van der Waals surface area (Å²) in [6.07, 6.45) is 1.75. The van der Waals surface area contributed by atoms with Crippen LogP contribution in [0.25, 0.3) is 0 Å². The van der Waals surface area contributed by atoms with Gasteiger partial charge in [-0.3, -0.25) is 4.70 Å². The lowest BCUT2D eigenvalue weighted by molar-refractivity contribution is 1.11. The predicted octanol–water partition coefficient (Wildman–Crippen LogP) is 1.77. The second-order valence-corrected chi connectivity index (χ2v) is 0.408. The van der Waals surface area contributed by atoms with E-state index in [9.17, 15) is 0 Å². The van der Waals surface area contributed by atoms with E-state index >= 15 is 0 Å². The summed E-state index contributed by atoms with van der Waals surface area (Å²) in [5.74, 6) is 0. The lowest BCUT2D eigenvalue weighted by Crippen LogP contribution is -1.07. The van der Waals surface area contributed by atoms with Crippen molar-refractivity contribution in [3.63, 3.8) is 0 Å². The van der Waals surface area contributed by atoms with Crippen LogP contribution in [0.15, 0.2) is 12.7 Å². The smallest absolute Gasteiger partial charge is 0.0473 e. The maximum absolute atomic E-state index is 3.36. The van der Waals surface area contributed by atoms with E-state index in [4.69, 9.17) is 0 Å². The Hall–Kier alpha value is -0.0400. The fourth-order valence-corrected chi connectivity index (χ4v) is 0. The molecule has 0 rings (SSSR count). The van der Waals surface area contributed by atoms with Gasteiger partial charge in [0.15, 0.2) is 0 Å². The molecule has 0 N–H and O–H groups in total. The first-order valence-electron chi connectivity index (χ1n) is 0.986. The van der Waals surface area contributed by atoms with Crippen LogP contribution < -0.4 is 0 Å². The van der Waals surface area contributed by atoms with Gasteiger partial charge in [-0.2, -0.15) is 0 Å². The molecule has 0 nitrogen and oxygen atoms in total. The third-order valence-electron chi connectivity index (χ3n) is 0. The van der Waals surface area contributed by atoms with Gasteiger partial charge in [0.2, 0.25) is 0 Å². The Bertz CT molecular complexity index is 14.4. The van der Waals surface area contributed by atoms with Crippen molar-refractivity contribution < 1.29 is 4.70 Å². The minimum absolute atomic E-state index is 0. The van der Waals surface area contributed by atoms with Crippen LogP contribution in [-0.4, -0.2) is 0 Å². The molecule has 0 aliphatic rings. The van der Waals surface area contributed by atoms with Crippen molar-refractivity contribution in [2.45, 2.75) is 6.92 Å². The molecule has 0 saturated heterocycles. The Morgan fingerprint density at radius 2 is 1.60 bits per heavy atom. The average molecular weight is 98.5 g/mol. The van der Waals surface area contributed by atoms with Gasteiger partial charge in [0, 0.05) is 0 Å². The minimum Gasteiger partial charge on any atom is -0.269 e. The summed E-state index contributed by atoms with van der Waals surface area (Å²) < 4.78 is 0. The van der Waals surface area contributed by atoms with Crippen molar-refractivity contribution in [2.24, 2.45) is 0 Å². The molecule has 0 unspecified atom stereocenters. The monoisotopic (exact) mass is 98.0 g/mol. The van der Waals surface area contributed by atoms with E-state index in [1.807, 2.05) is 6.92 Å². The molecule has 0 aromatic rings. The highest BCUT2D eigenvalue weighted by molar-refractivity contribution is 5.85. The quantitative estimate of drug-likeness (QED) is 0.405. The Morgan fingerprint density at radius 3 is 1.60 bits per heavy atom. The van der Waals surface area contributed by atoms with Gasteiger partial charge in [-0.15, -0.1) is 19.0 Å². The van der Waals surface area contributed by atoms with Crippen molar-refractivity contribution in [3.05, 3.63) is 12.7 Å². The second kappa shape index (κ2) is 37.6. The molecule has 0 bridgehead atoms. The topological polar surface area (TPSA) is 0 Å². The first-order chi connectivity index (χ1) is 1.41. The van der Waals surface area contributed by atoms with Gasteiger partial charge in [-0.05, 0) is 6.92 Å². The molecular formula is C3H8ClF. The highest BCUT2D eigenvalue weighted by Gasteiger charge is 1.15. The van der Waals surface area contributed by atoms with E-state index in [1.165, 1.54) is 0 Å². The Labute approximate surface area is 37.7 Å². The van der Waals surface area contributed by atoms with E-state index in [-0.39, 0.29) is 17.1 Å². The second-order valence-electron chi connectivity index (χ2n) is 0.408. The van der Waals surface area contributed by atoms with Crippen LogP contribution in [0.1, 0.15) is 6.92 Å². The molecule has 0 aromatic carbocycles. The first-order valence-corrected chi connectivity index (χ1v) is 0.986. The Kier molecular flexibility index (Phi) is 152. The molecule has 0 atom stereocenters. The zero-order valence-electron chi connectivity index (χ0n) is 3.10. The summed E-state index contributed by atoms with van der Waals surface area (Å²) in [6.45, 7) is 5.25. The van der Waals surface area contributed by atoms with Crippen molar-refractivity contribution in [1.82, 2.24) is 0 Å². The highest BCUT2D eigenvalue weighted by atomic mass is 35.5. The van der Waals surface area contributed by atoms with Gasteiger partial charge in [0.25, 0.3) is 0 Å². The zero-order chi connectivity index (χ0) is 2.71. The maximum atomic E-state index is 3.36. The van der Waals surface area contributed by atoms with Crippen LogP contribution in [0.5, 0.6) is 0 Å². The number of allylic oxidation sites excluding steroid dienone is 1. The largest absolute Gasteiger partial charge is 0.269 e. The van der Waals surface area contributed by atoms with Crippen molar-refractivity contribution in [1.29, 1.82) is 0 Å². The number of hydrogen-bond donors (Lipinski definition) is 0. The lowest BCUT2D eigenvalue weighted by atomic mass is 10.8. The van der Waals surface area contributed by atoms with Gasteiger partial charge in [-0.1, -0.05) is 6.08 Å². The van der Waals surface area contributed by atoms with Gasteiger partial charge >= 0.3 is 0 Å². The molecule has 5 heavy (non-hydrogen) atoms. The molecule has 0 heterocycles. The van der Waals surface area contributed by atoms with E-state index in [2.05, 4.69) is 6.58 Å². The highest BCUT2D eigenvalue weighted by Crippen LogP contribution is 1.38. The fourth-order valence-electron chi connectivity index (χ4n) is 0. The first kappa shape index (κ1) is 20.2. The summed E-state index contributed by atoms with van der Waals surface area (Å²) in [4.78, 5) is 0. The Morgan fingerprint density at radius 1 is 1.60 bits per heavy atom. The van der Waals surface area contributed by atoms with Crippen molar-refractivity contribution >= 4 is 12.4 Å². The average Bonchev–Trinajstić information content (AvgIpc) is 0.918. The maximum Gasteiger partial charge on any atom is -0.0473 e. The van der Waals surface area contributed by atoms with Crippen LogP contribution in [0.3, 0.4) is 0 Å². The lowest BCUT2D eigenvalue weighted by Gasteiger charge is -1.31. The summed E-state index contributed by atoms with van der Waals surface area (Å²) >= 11 is 0. The molecule has 0 radical (unpaired) electrons. The molecular weight excluding hydrogens is 90.5 g/mol. The molecule has 0 amide bonds. The van der Waals surface area contributed by atoms with Crippen LogP contribution in [0.2, 0.25) is 0 Å². The van der Waals surface area contributed by atoms with Crippen LogP contribution in [-0.2, 0) is 0 Å². The SMILES string of the molecule is C=CC.Cl.F. The van der Waals surface area contributed by atoms with E-state index in [0.29, 0.717) is 0 Å². The fraction of sp³-hybridized carbons (Fsp3) is 0.333. The van der Waals surface area contributed by atoms with Crippen LogP contribution in [0.4, 0.5) is 4.70 Å². The molecule has 0 aliphatic heterocycles. The number of hydrogen-bond acceptors (Lipinski definition) is 0. The summed E-state index contributed by atoms with van der Waals surface area (Å²) in [5.41, 5.74) is 0. The summed E-state index contributed by atoms with van der Waals surface area (Å²) in [7, 11) is 0. The van der Waals surface area contributed by atoms with Crippen LogP contribution in [0, 0.1) is 0 Å². The third kappa shape index (κ3) is 9510. The molecule has 34 valence electrons. The molecule has 0 spiro atoms. The third-order valence-corrected chi connectivity index (χ3v) is 0. The van der Waals surface area contributed by atoms with E-state index in [0.717, 1.165) is 0 Å². The molecule has 0 aliphatic carbocycles. The normalized spacial score (nSPS) is 2.60. The minimum atomic E-state index is 0. The number of halogens is 2. The summed E-state index contributed by atoms with van der Waals surface area (Å²) in [6, 6.07) is 0. The van der Waals surface area contributed by atoms with Gasteiger partial charge in [0.1, 0.15) is 0 Å². The molecule has 2 heteroatoms. The van der Waals surface area contributed by atoms with Crippen LogP contribution >= 0.6 is 12.4 Å². The van der Waals surface area contributed by atoms with Crippen molar-refractivity contribution in [2.75, 3.05) is 0 Å². The predicted molar refractivity (Wildman–Crippen MR) is 25.6 cm³/mol. The van der Waals surface area contributed by atoms with E-state index in [1.54, 1.807) is 6.08 Å². The molecule has 0 aromatic heterocycles. The zero-order valence-corrected chi connectivity index (χ0v) is 3.92. The van der Waals surface area contributed by atoms with Gasteiger partial charge < -0.3 is 0 Å². The number of rotatable bonds is 0. The molecule has 0 saturated carbocycles. The van der Waals surface area contributed by atoms with Crippen molar-refractivity contribution in [3.8, 4) is 0 Å². The van der Waals surface area contributed by atoms with Gasteiger partial charge in [-0.25, -0.2) is 0 Å². The molecule has 0 fully saturated rings. The summed E-state index contributed by atoms with van der Waals surface area (Å²) in [5, 5.41) is 0. The Balaban J connectivity index is -0.0000000200. The van der Waals surface area contributed by atoms with E-state index < -0.39 is 0 Å². The standard InChI is InChI=1S/C3H6.ClH.FH/c1-3-2;;/h3H,1H2,2H3;2*1H. The van der Waals surface area contributed by atoms with Gasteiger partial charge in [0.05, 0.1) is 0 Å².